The number of piperazine rings is 1. The van der Waals surface area contributed by atoms with Gasteiger partial charge in [-0.3, -0.25) is 4.90 Å². The molecule has 2 heteroatoms. The van der Waals surface area contributed by atoms with Gasteiger partial charge >= 0.3 is 0 Å². The van der Waals surface area contributed by atoms with Gasteiger partial charge in [0.1, 0.15) is 0 Å². The zero-order valence-corrected chi connectivity index (χ0v) is 9.96. The molecule has 14 heavy (non-hydrogen) atoms. The van der Waals surface area contributed by atoms with Crippen LogP contribution < -0.4 is 5.32 Å². The molecule has 1 fully saturated rings. The fourth-order valence-electron chi connectivity index (χ4n) is 1.89. The molecule has 2 nitrogen and oxygen atoms in total. The highest BCUT2D eigenvalue weighted by Gasteiger charge is 2.25. The SMILES string of the molecule is C/C=C/CN1CC(C(C)C)NCC1C. The molecule has 0 aromatic carbocycles. The van der Waals surface area contributed by atoms with Crippen LogP contribution in [0.4, 0.5) is 0 Å². The van der Waals surface area contributed by atoms with E-state index in [9.17, 15) is 0 Å². The van der Waals surface area contributed by atoms with Crippen molar-refractivity contribution >= 4 is 0 Å². The molecule has 0 bridgehead atoms. The van der Waals surface area contributed by atoms with Crippen LogP contribution in [0.25, 0.3) is 0 Å². The summed E-state index contributed by atoms with van der Waals surface area (Å²) in [6.45, 7) is 12.4. The predicted molar refractivity (Wildman–Crippen MR) is 62.5 cm³/mol. The standard InChI is InChI=1S/C12H24N2/c1-5-6-7-14-9-12(10(2)3)13-8-11(14)4/h5-6,10-13H,7-9H2,1-4H3/b6-5+. The van der Waals surface area contributed by atoms with E-state index in [4.69, 9.17) is 0 Å². The van der Waals surface area contributed by atoms with Gasteiger partial charge in [-0.1, -0.05) is 26.0 Å². The highest BCUT2D eigenvalue weighted by molar-refractivity contribution is 4.90. The summed E-state index contributed by atoms with van der Waals surface area (Å²) in [4.78, 5) is 2.56. The van der Waals surface area contributed by atoms with Gasteiger partial charge in [0.25, 0.3) is 0 Å². The Morgan fingerprint density at radius 1 is 1.50 bits per heavy atom. The van der Waals surface area contributed by atoms with Gasteiger partial charge < -0.3 is 5.32 Å². The maximum Gasteiger partial charge on any atom is 0.0218 e. The second kappa shape index (κ2) is 5.52. The van der Waals surface area contributed by atoms with Crippen molar-refractivity contribution in [2.24, 2.45) is 5.92 Å². The molecule has 2 unspecified atom stereocenters. The van der Waals surface area contributed by atoms with Crippen LogP contribution in [-0.2, 0) is 0 Å². The number of hydrogen-bond acceptors (Lipinski definition) is 2. The van der Waals surface area contributed by atoms with E-state index in [1.807, 2.05) is 0 Å². The van der Waals surface area contributed by atoms with Gasteiger partial charge in [0.05, 0.1) is 0 Å². The zero-order chi connectivity index (χ0) is 10.6. The molecule has 82 valence electrons. The predicted octanol–water partition coefficient (Wildman–Crippen LogP) is 1.88. The Bertz CT molecular complexity index is 187. The number of nitrogens with zero attached hydrogens (tertiary/aromatic N) is 1. The third kappa shape index (κ3) is 3.10. The monoisotopic (exact) mass is 196 g/mol. The summed E-state index contributed by atoms with van der Waals surface area (Å²) >= 11 is 0. The van der Waals surface area contributed by atoms with E-state index in [0.717, 1.165) is 19.0 Å². The quantitative estimate of drug-likeness (QED) is 0.693. The molecule has 0 aromatic rings. The Hall–Kier alpha value is -0.340. The third-order valence-corrected chi connectivity index (χ3v) is 3.11. The fourth-order valence-corrected chi connectivity index (χ4v) is 1.89. The lowest BCUT2D eigenvalue weighted by Gasteiger charge is -2.39. The fraction of sp³-hybridized carbons (Fsp3) is 0.833. The summed E-state index contributed by atoms with van der Waals surface area (Å²) in [6, 6.07) is 1.33. The van der Waals surface area contributed by atoms with Crippen molar-refractivity contribution in [2.45, 2.75) is 39.8 Å². The van der Waals surface area contributed by atoms with E-state index in [2.05, 4.69) is 50.1 Å². The Balaban J connectivity index is 2.46. The lowest BCUT2D eigenvalue weighted by atomic mass is 10.00. The van der Waals surface area contributed by atoms with Crippen LogP contribution >= 0.6 is 0 Å². The second-order valence-corrected chi connectivity index (χ2v) is 4.63. The molecule has 1 rings (SSSR count). The van der Waals surface area contributed by atoms with Crippen LogP contribution in [0.15, 0.2) is 12.2 Å². The van der Waals surface area contributed by atoms with Gasteiger partial charge in [-0.2, -0.15) is 0 Å². The largest absolute Gasteiger partial charge is 0.311 e. The summed E-state index contributed by atoms with van der Waals surface area (Å²) in [5.41, 5.74) is 0. The Morgan fingerprint density at radius 3 is 2.79 bits per heavy atom. The number of hydrogen-bond donors (Lipinski definition) is 1. The van der Waals surface area contributed by atoms with Crippen molar-refractivity contribution in [1.29, 1.82) is 0 Å². The second-order valence-electron chi connectivity index (χ2n) is 4.63. The van der Waals surface area contributed by atoms with Gasteiger partial charge in [0.15, 0.2) is 0 Å². The molecular formula is C12H24N2. The average Bonchev–Trinajstić information content (AvgIpc) is 2.16. The van der Waals surface area contributed by atoms with Crippen LogP contribution in [0, 0.1) is 5.92 Å². The molecule has 0 aliphatic carbocycles. The molecule has 0 radical (unpaired) electrons. The van der Waals surface area contributed by atoms with Gasteiger partial charge in [0.2, 0.25) is 0 Å². The first kappa shape index (κ1) is 11.7. The summed E-state index contributed by atoms with van der Waals surface area (Å²) in [5.74, 6) is 0.732. The molecular weight excluding hydrogens is 172 g/mol. The van der Waals surface area contributed by atoms with Crippen molar-refractivity contribution in [3.8, 4) is 0 Å². The first-order chi connectivity index (χ1) is 6.65. The minimum absolute atomic E-state index is 0.663. The van der Waals surface area contributed by atoms with Gasteiger partial charge in [-0.15, -0.1) is 0 Å². The van der Waals surface area contributed by atoms with Gasteiger partial charge in [-0.25, -0.2) is 0 Å². The molecule has 1 aliphatic heterocycles. The molecule has 0 aromatic heterocycles. The highest BCUT2D eigenvalue weighted by Crippen LogP contribution is 2.12. The van der Waals surface area contributed by atoms with Crippen molar-refractivity contribution < 1.29 is 0 Å². The summed E-state index contributed by atoms with van der Waals surface area (Å²) in [6.07, 6.45) is 4.39. The zero-order valence-electron chi connectivity index (χ0n) is 9.96. The highest BCUT2D eigenvalue weighted by atomic mass is 15.2. The van der Waals surface area contributed by atoms with Crippen molar-refractivity contribution in [2.75, 3.05) is 19.6 Å². The summed E-state index contributed by atoms with van der Waals surface area (Å²) < 4.78 is 0. The molecule has 1 saturated heterocycles. The van der Waals surface area contributed by atoms with E-state index in [0.29, 0.717) is 12.1 Å². The van der Waals surface area contributed by atoms with Crippen LogP contribution in [0.3, 0.4) is 0 Å². The normalized spacial score (nSPS) is 30.4. The van der Waals surface area contributed by atoms with E-state index < -0.39 is 0 Å². The molecule has 0 spiro atoms. The molecule has 1 N–H and O–H groups in total. The lowest BCUT2D eigenvalue weighted by Crippen LogP contribution is -2.56. The smallest absolute Gasteiger partial charge is 0.0218 e. The summed E-state index contributed by atoms with van der Waals surface area (Å²) in [5, 5.41) is 3.61. The Morgan fingerprint density at radius 2 is 2.21 bits per heavy atom. The third-order valence-electron chi connectivity index (χ3n) is 3.11. The first-order valence-electron chi connectivity index (χ1n) is 5.73. The van der Waals surface area contributed by atoms with Crippen molar-refractivity contribution in [3.05, 3.63) is 12.2 Å². The van der Waals surface area contributed by atoms with Crippen molar-refractivity contribution in [3.63, 3.8) is 0 Å². The topological polar surface area (TPSA) is 15.3 Å². The molecule has 0 amide bonds. The summed E-state index contributed by atoms with van der Waals surface area (Å²) in [7, 11) is 0. The maximum atomic E-state index is 3.61. The minimum Gasteiger partial charge on any atom is -0.311 e. The van der Waals surface area contributed by atoms with E-state index in [-0.39, 0.29) is 0 Å². The van der Waals surface area contributed by atoms with Gasteiger partial charge in [-0.05, 0) is 19.8 Å². The number of rotatable bonds is 3. The Labute approximate surface area is 88.4 Å². The van der Waals surface area contributed by atoms with Gasteiger partial charge in [0, 0.05) is 31.7 Å². The average molecular weight is 196 g/mol. The van der Waals surface area contributed by atoms with Crippen molar-refractivity contribution in [1.82, 2.24) is 10.2 Å². The van der Waals surface area contributed by atoms with E-state index in [1.165, 1.54) is 6.54 Å². The number of nitrogens with one attached hydrogen (secondary N) is 1. The molecule has 2 atom stereocenters. The van der Waals surface area contributed by atoms with Crippen LogP contribution in [0.1, 0.15) is 27.7 Å². The van der Waals surface area contributed by atoms with Crippen LogP contribution in [0.2, 0.25) is 0 Å². The Kier molecular flexibility index (Phi) is 4.63. The number of allylic oxidation sites excluding steroid dienone is 1. The minimum atomic E-state index is 0.663. The van der Waals surface area contributed by atoms with Crippen LogP contribution in [-0.4, -0.2) is 36.6 Å². The first-order valence-corrected chi connectivity index (χ1v) is 5.73. The molecule has 0 saturated carbocycles. The lowest BCUT2D eigenvalue weighted by molar-refractivity contribution is 0.137. The molecule has 1 aliphatic rings. The molecule has 1 heterocycles. The van der Waals surface area contributed by atoms with E-state index in [1.54, 1.807) is 0 Å². The van der Waals surface area contributed by atoms with E-state index >= 15 is 0 Å². The maximum absolute atomic E-state index is 3.61. The van der Waals surface area contributed by atoms with Crippen LogP contribution in [0.5, 0.6) is 0 Å².